The number of carbonyl (C=O) groups excluding carboxylic acids is 1. The lowest BCUT2D eigenvalue weighted by Crippen LogP contribution is -2.25. The first-order valence-electron chi connectivity index (χ1n) is 5.23. The number of phenolic OH excluding ortho intramolecular Hbond substituents is 1. The number of hydrogen-bond acceptors (Lipinski definition) is 3. The molecule has 0 spiro atoms. The monoisotopic (exact) mass is 247 g/mol. The third kappa shape index (κ3) is 2.65. The molecule has 0 atom stereocenters. The van der Waals surface area contributed by atoms with Gasteiger partial charge in [0.25, 0.3) is 5.91 Å². The number of carbonyl (C=O) groups is 1. The van der Waals surface area contributed by atoms with Gasteiger partial charge in [0.2, 0.25) is 0 Å². The molecular formula is C13H13NO2S. The highest BCUT2D eigenvalue weighted by atomic mass is 32.1. The highest BCUT2D eigenvalue weighted by Crippen LogP contribution is 2.18. The third-order valence-electron chi connectivity index (χ3n) is 2.48. The van der Waals surface area contributed by atoms with E-state index < -0.39 is 0 Å². The molecule has 0 fully saturated rings. The molecule has 0 aliphatic heterocycles. The quantitative estimate of drug-likeness (QED) is 0.906. The first-order valence-corrected chi connectivity index (χ1v) is 6.17. The third-order valence-corrected chi connectivity index (χ3v) is 3.21. The number of phenols is 1. The number of amides is 1. The molecule has 88 valence electrons. The molecular weight excluding hydrogens is 234 g/mol. The Hall–Kier alpha value is -1.81. The Morgan fingerprint density at radius 2 is 2.12 bits per heavy atom. The molecule has 0 radical (unpaired) electrons. The molecule has 1 N–H and O–H groups in total. The molecule has 0 saturated carbocycles. The molecule has 2 rings (SSSR count). The summed E-state index contributed by atoms with van der Waals surface area (Å²) in [4.78, 5) is 13.7. The van der Waals surface area contributed by atoms with Gasteiger partial charge in [-0.05, 0) is 34.5 Å². The Labute approximate surface area is 104 Å². The van der Waals surface area contributed by atoms with Crippen molar-refractivity contribution in [3.63, 3.8) is 0 Å². The number of thiophene rings is 1. The predicted molar refractivity (Wildman–Crippen MR) is 68.2 cm³/mol. The maximum atomic E-state index is 12.1. The van der Waals surface area contributed by atoms with Crippen LogP contribution in [0.5, 0.6) is 5.75 Å². The largest absolute Gasteiger partial charge is 0.507 e. The van der Waals surface area contributed by atoms with E-state index in [9.17, 15) is 9.90 Å². The van der Waals surface area contributed by atoms with Gasteiger partial charge in [-0.1, -0.05) is 12.1 Å². The van der Waals surface area contributed by atoms with Crippen LogP contribution in [0.2, 0.25) is 0 Å². The van der Waals surface area contributed by atoms with E-state index in [0.29, 0.717) is 12.1 Å². The summed E-state index contributed by atoms with van der Waals surface area (Å²) in [7, 11) is 1.73. The Morgan fingerprint density at radius 3 is 2.76 bits per heavy atom. The summed E-state index contributed by atoms with van der Waals surface area (Å²) < 4.78 is 0. The van der Waals surface area contributed by atoms with Gasteiger partial charge in [-0.3, -0.25) is 4.79 Å². The number of benzene rings is 1. The Bertz CT molecular complexity index is 508. The molecule has 0 bridgehead atoms. The first-order chi connectivity index (χ1) is 8.18. The molecule has 2 aromatic rings. The Morgan fingerprint density at radius 1 is 1.35 bits per heavy atom. The van der Waals surface area contributed by atoms with E-state index in [-0.39, 0.29) is 11.7 Å². The second-order valence-electron chi connectivity index (χ2n) is 3.81. The average Bonchev–Trinajstić information content (AvgIpc) is 2.81. The molecule has 0 unspecified atom stereocenters. The summed E-state index contributed by atoms with van der Waals surface area (Å²) in [5, 5.41) is 13.6. The molecule has 17 heavy (non-hydrogen) atoms. The van der Waals surface area contributed by atoms with Gasteiger partial charge < -0.3 is 10.0 Å². The van der Waals surface area contributed by atoms with Crippen LogP contribution >= 0.6 is 11.3 Å². The van der Waals surface area contributed by atoms with E-state index in [2.05, 4.69) is 0 Å². The summed E-state index contributed by atoms with van der Waals surface area (Å²) in [5.41, 5.74) is 1.44. The standard InChI is InChI=1S/C13H13NO2S/c1-14(8-10-6-7-17-9-10)13(16)11-4-2-3-5-12(11)15/h2-7,9,15H,8H2,1H3. The summed E-state index contributed by atoms with van der Waals surface area (Å²) in [5.74, 6) is -0.149. The summed E-state index contributed by atoms with van der Waals surface area (Å²) in [6.07, 6.45) is 0. The number of rotatable bonds is 3. The van der Waals surface area contributed by atoms with Crippen LogP contribution in [0, 0.1) is 0 Å². The molecule has 0 aliphatic rings. The van der Waals surface area contributed by atoms with Crippen LogP contribution in [0.15, 0.2) is 41.1 Å². The minimum atomic E-state index is -0.172. The van der Waals surface area contributed by atoms with Gasteiger partial charge in [-0.15, -0.1) is 0 Å². The Balaban J connectivity index is 2.13. The van der Waals surface area contributed by atoms with Crippen molar-refractivity contribution in [1.29, 1.82) is 0 Å². The van der Waals surface area contributed by atoms with Crippen LogP contribution in [0.1, 0.15) is 15.9 Å². The van der Waals surface area contributed by atoms with Crippen molar-refractivity contribution in [2.45, 2.75) is 6.54 Å². The molecule has 1 aromatic carbocycles. The van der Waals surface area contributed by atoms with E-state index in [1.165, 1.54) is 6.07 Å². The van der Waals surface area contributed by atoms with Gasteiger partial charge >= 0.3 is 0 Å². The summed E-state index contributed by atoms with van der Waals surface area (Å²) >= 11 is 1.60. The van der Waals surface area contributed by atoms with Gasteiger partial charge in [0.1, 0.15) is 5.75 Å². The van der Waals surface area contributed by atoms with Crippen molar-refractivity contribution in [1.82, 2.24) is 4.90 Å². The lowest BCUT2D eigenvalue weighted by molar-refractivity contribution is 0.0782. The van der Waals surface area contributed by atoms with Gasteiger partial charge in [0.05, 0.1) is 5.56 Å². The fourth-order valence-corrected chi connectivity index (χ4v) is 2.25. The van der Waals surface area contributed by atoms with E-state index in [4.69, 9.17) is 0 Å². The van der Waals surface area contributed by atoms with Gasteiger partial charge in [-0.25, -0.2) is 0 Å². The average molecular weight is 247 g/mol. The van der Waals surface area contributed by atoms with Crippen molar-refractivity contribution < 1.29 is 9.90 Å². The SMILES string of the molecule is CN(Cc1ccsc1)C(=O)c1ccccc1O. The van der Waals surface area contributed by atoms with E-state index in [0.717, 1.165) is 5.56 Å². The second-order valence-corrected chi connectivity index (χ2v) is 4.59. The van der Waals surface area contributed by atoms with E-state index in [1.54, 1.807) is 41.5 Å². The van der Waals surface area contributed by atoms with Gasteiger partial charge in [0, 0.05) is 13.6 Å². The number of hydrogen-bond donors (Lipinski definition) is 1. The minimum Gasteiger partial charge on any atom is -0.507 e. The van der Waals surface area contributed by atoms with Crippen LogP contribution in [0.4, 0.5) is 0 Å². The second kappa shape index (κ2) is 5.01. The number of para-hydroxylation sites is 1. The fourth-order valence-electron chi connectivity index (χ4n) is 1.59. The van der Waals surface area contributed by atoms with Crippen LogP contribution < -0.4 is 0 Å². The number of aromatic hydroxyl groups is 1. The predicted octanol–water partition coefficient (Wildman–Crippen LogP) is 2.73. The molecule has 0 saturated heterocycles. The molecule has 0 aliphatic carbocycles. The summed E-state index contributed by atoms with van der Waals surface area (Å²) in [6.45, 7) is 0.552. The van der Waals surface area contributed by atoms with Gasteiger partial charge in [-0.2, -0.15) is 11.3 Å². The highest BCUT2D eigenvalue weighted by Gasteiger charge is 2.15. The first kappa shape index (κ1) is 11.7. The van der Waals surface area contributed by atoms with Crippen molar-refractivity contribution >= 4 is 17.2 Å². The minimum absolute atomic E-state index is 0.0228. The molecule has 1 amide bonds. The van der Waals surface area contributed by atoms with E-state index >= 15 is 0 Å². The summed E-state index contributed by atoms with van der Waals surface area (Å²) in [6, 6.07) is 8.57. The molecule has 1 aromatic heterocycles. The lowest BCUT2D eigenvalue weighted by Gasteiger charge is -2.17. The Kier molecular flexibility index (Phi) is 3.44. The number of nitrogens with zero attached hydrogens (tertiary/aromatic N) is 1. The molecule has 1 heterocycles. The zero-order valence-corrected chi connectivity index (χ0v) is 10.3. The zero-order valence-electron chi connectivity index (χ0n) is 9.46. The normalized spacial score (nSPS) is 10.2. The van der Waals surface area contributed by atoms with Crippen LogP contribution in [-0.4, -0.2) is 23.0 Å². The topological polar surface area (TPSA) is 40.5 Å². The molecule has 4 heteroatoms. The fraction of sp³-hybridized carbons (Fsp3) is 0.154. The van der Waals surface area contributed by atoms with Crippen LogP contribution in [0.3, 0.4) is 0 Å². The lowest BCUT2D eigenvalue weighted by atomic mass is 10.1. The highest BCUT2D eigenvalue weighted by molar-refractivity contribution is 7.07. The van der Waals surface area contributed by atoms with Crippen LogP contribution in [-0.2, 0) is 6.54 Å². The smallest absolute Gasteiger partial charge is 0.257 e. The maximum absolute atomic E-state index is 12.1. The van der Waals surface area contributed by atoms with Crippen molar-refractivity contribution in [3.8, 4) is 5.75 Å². The van der Waals surface area contributed by atoms with Crippen LogP contribution in [0.25, 0.3) is 0 Å². The van der Waals surface area contributed by atoms with Crippen molar-refractivity contribution in [2.75, 3.05) is 7.05 Å². The maximum Gasteiger partial charge on any atom is 0.257 e. The van der Waals surface area contributed by atoms with Gasteiger partial charge in [0.15, 0.2) is 0 Å². The zero-order chi connectivity index (χ0) is 12.3. The van der Waals surface area contributed by atoms with Crippen molar-refractivity contribution in [2.24, 2.45) is 0 Å². The molecule has 3 nitrogen and oxygen atoms in total. The van der Waals surface area contributed by atoms with Crippen molar-refractivity contribution in [3.05, 3.63) is 52.2 Å². The van der Waals surface area contributed by atoms with E-state index in [1.807, 2.05) is 16.8 Å².